The molecule has 2 rings (SSSR count). The van der Waals surface area contributed by atoms with Crippen LogP contribution in [-0.4, -0.2) is 33.3 Å². The SMILES string of the molecule is COc1cccc(OCCNC(=O)c2cccc(Br)c2)c1OC. The van der Waals surface area contributed by atoms with Crippen LogP contribution in [0.3, 0.4) is 0 Å². The van der Waals surface area contributed by atoms with E-state index in [1.165, 1.54) is 0 Å². The second-order valence-electron chi connectivity index (χ2n) is 4.61. The highest BCUT2D eigenvalue weighted by atomic mass is 79.9. The van der Waals surface area contributed by atoms with Crippen LogP contribution in [0.2, 0.25) is 0 Å². The number of carbonyl (C=O) groups is 1. The van der Waals surface area contributed by atoms with Crippen LogP contribution in [0.15, 0.2) is 46.9 Å². The van der Waals surface area contributed by atoms with Crippen LogP contribution in [0.4, 0.5) is 0 Å². The Morgan fingerprint density at radius 2 is 1.83 bits per heavy atom. The molecule has 0 saturated heterocycles. The van der Waals surface area contributed by atoms with Gasteiger partial charge in [0.25, 0.3) is 5.91 Å². The van der Waals surface area contributed by atoms with Crippen molar-refractivity contribution in [2.24, 2.45) is 0 Å². The zero-order valence-corrected chi connectivity index (χ0v) is 14.6. The minimum absolute atomic E-state index is 0.146. The number of halogens is 1. The van der Waals surface area contributed by atoms with Gasteiger partial charge in [-0.25, -0.2) is 0 Å². The molecule has 0 spiro atoms. The average molecular weight is 380 g/mol. The van der Waals surface area contributed by atoms with Gasteiger partial charge in [0.1, 0.15) is 6.61 Å². The summed E-state index contributed by atoms with van der Waals surface area (Å²) in [6.07, 6.45) is 0. The molecule has 0 aromatic heterocycles. The highest BCUT2D eigenvalue weighted by Crippen LogP contribution is 2.36. The number of methoxy groups -OCH3 is 2. The lowest BCUT2D eigenvalue weighted by Gasteiger charge is -2.13. The van der Waals surface area contributed by atoms with Crippen molar-refractivity contribution in [1.29, 1.82) is 0 Å². The van der Waals surface area contributed by atoms with E-state index in [0.717, 1.165) is 4.47 Å². The summed E-state index contributed by atoms with van der Waals surface area (Å²) in [6.45, 7) is 0.703. The van der Waals surface area contributed by atoms with Gasteiger partial charge < -0.3 is 19.5 Å². The van der Waals surface area contributed by atoms with Crippen LogP contribution in [-0.2, 0) is 0 Å². The van der Waals surface area contributed by atoms with Crippen molar-refractivity contribution in [1.82, 2.24) is 5.32 Å². The van der Waals surface area contributed by atoms with Crippen LogP contribution in [0.5, 0.6) is 17.2 Å². The van der Waals surface area contributed by atoms with E-state index in [2.05, 4.69) is 21.2 Å². The molecular weight excluding hydrogens is 362 g/mol. The summed E-state index contributed by atoms with van der Waals surface area (Å²) in [4.78, 5) is 12.0. The summed E-state index contributed by atoms with van der Waals surface area (Å²) >= 11 is 3.34. The summed E-state index contributed by atoms with van der Waals surface area (Å²) in [5, 5.41) is 2.81. The molecule has 0 saturated carbocycles. The Kier molecular flexibility index (Phi) is 6.29. The van der Waals surface area contributed by atoms with Crippen LogP contribution in [0.1, 0.15) is 10.4 Å². The summed E-state index contributed by atoms with van der Waals surface area (Å²) in [5.74, 6) is 1.56. The van der Waals surface area contributed by atoms with Gasteiger partial charge in [-0.05, 0) is 30.3 Å². The van der Waals surface area contributed by atoms with Crippen LogP contribution >= 0.6 is 15.9 Å². The van der Waals surface area contributed by atoms with Gasteiger partial charge in [0.2, 0.25) is 5.75 Å². The molecule has 2 aromatic rings. The first kappa shape index (κ1) is 17.1. The molecule has 0 radical (unpaired) electrons. The summed E-state index contributed by atoms with van der Waals surface area (Å²) in [6, 6.07) is 12.6. The molecule has 122 valence electrons. The van der Waals surface area contributed by atoms with E-state index in [-0.39, 0.29) is 5.91 Å². The fraction of sp³-hybridized carbons (Fsp3) is 0.235. The number of para-hydroxylation sites is 1. The zero-order valence-electron chi connectivity index (χ0n) is 13.0. The van der Waals surface area contributed by atoms with Crippen molar-refractivity contribution in [3.05, 3.63) is 52.5 Å². The Morgan fingerprint density at radius 1 is 1.09 bits per heavy atom. The van der Waals surface area contributed by atoms with Gasteiger partial charge in [0.05, 0.1) is 20.8 Å². The van der Waals surface area contributed by atoms with E-state index < -0.39 is 0 Å². The maximum atomic E-state index is 12.0. The number of nitrogens with one attached hydrogen (secondary N) is 1. The third-order valence-electron chi connectivity index (χ3n) is 3.10. The first-order valence-electron chi connectivity index (χ1n) is 7.03. The van der Waals surface area contributed by atoms with Gasteiger partial charge in [0, 0.05) is 10.0 Å². The Balaban J connectivity index is 1.87. The zero-order chi connectivity index (χ0) is 16.7. The van der Waals surface area contributed by atoms with Crippen molar-refractivity contribution >= 4 is 21.8 Å². The van der Waals surface area contributed by atoms with Crippen LogP contribution < -0.4 is 19.5 Å². The van der Waals surface area contributed by atoms with Crippen LogP contribution in [0, 0.1) is 0 Å². The summed E-state index contributed by atoms with van der Waals surface area (Å²) < 4.78 is 17.0. The molecule has 0 aliphatic carbocycles. The molecule has 0 unspecified atom stereocenters. The number of hydrogen-bond acceptors (Lipinski definition) is 4. The third kappa shape index (κ3) is 4.63. The molecule has 0 bridgehead atoms. The van der Waals surface area contributed by atoms with E-state index >= 15 is 0 Å². The standard InChI is InChI=1S/C17H18BrNO4/c1-21-14-7-4-8-15(16(14)22-2)23-10-9-19-17(20)12-5-3-6-13(18)11-12/h3-8,11H,9-10H2,1-2H3,(H,19,20). The van der Waals surface area contributed by atoms with Crippen molar-refractivity contribution in [2.75, 3.05) is 27.4 Å². The van der Waals surface area contributed by atoms with Crippen LogP contribution in [0.25, 0.3) is 0 Å². The van der Waals surface area contributed by atoms with E-state index in [1.54, 1.807) is 38.5 Å². The maximum absolute atomic E-state index is 12.0. The molecule has 0 aliphatic rings. The first-order valence-corrected chi connectivity index (χ1v) is 7.82. The summed E-state index contributed by atoms with van der Waals surface area (Å²) in [7, 11) is 3.12. The smallest absolute Gasteiger partial charge is 0.251 e. The van der Waals surface area contributed by atoms with E-state index in [9.17, 15) is 4.79 Å². The van der Waals surface area contributed by atoms with E-state index in [1.807, 2.05) is 18.2 Å². The molecule has 23 heavy (non-hydrogen) atoms. The minimum Gasteiger partial charge on any atom is -0.493 e. The van der Waals surface area contributed by atoms with Gasteiger partial charge >= 0.3 is 0 Å². The molecule has 0 heterocycles. The molecule has 0 atom stereocenters. The molecule has 6 heteroatoms. The Labute approximate surface area is 143 Å². The van der Waals surface area contributed by atoms with Crippen molar-refractivity contribution < 1.29 is 19.0 Å². The fourth-order valence-corrected chi connectivity index (χ4v) is 2.43. The number of rotatable bonds is 7. The highest BCUT2D eigenvalue weighted by molar-refractivity contribution is 9.10. The van der Waals surface area contributed by atoms with Gasteiger partial charge in [-0.3, -0.25) is 4.79 Å². The van der Waals surface area contributed by atoms with Crippen molar-refractivity contribution in [2.45, 2.75) is 0 Å². The van der Waals surface area contributed by atoms with E-state index in [4.69, 9.17) is 14.2 Å². The van der Waals surface area contributed by atoms with E-state index in [0.29, 0.717) is 36.0 Å². The van der Waals surface area contributed by atoms with Crippen molar-refractivity contribution in [3.63, 3.8) is 0 Å². The summed E-state index contributed by atoms with van der Waals surface area (Å²) in [5.41, 5.74) is 0.596. The lowest BCUT2D eigenvalue weighted by Crippen LogP contribution is -2.28. The fourth-order valence-electron chi connectivity index (χ4n) is 2.03. The monoisotopic (exact) mass is 379 g/mol. The molecule has 2 aromatic carbocycles. The lowest BCUT2D eigenvalue weighted by atomic mass is 10.2. The predicted molar refractivity (Wildman–Crippen MR) is 91.5 cm³/mol. The average Bonchev–Trinajstić information content (AvgIpc) is 2.58. The molecule has 5 nitrogen and oxygen atoms in total. The molecule has 1 amide bonds. The third-order valence-corrected chi connectivity index (χ3v) is 3.59. The Hall–Kier alpha value is -2.21. The first-order chi connectivity index (χ1) is 11.2. The van der Waals surface area contributed by atoms with Gasteiger partial charge in [0.15, 0.2) is 11.5 Å². The molecule has 0 fully saturated rings. The quantitative estimate of drug-likeness (QED) is 0.750. The minimum atomic E-state index is -0.146. The Bertz CT molecular complexity index is 675. The number of amides is 1. The van der Waals surface area contributed by atoms with Crippen molar-refractivity contribution in [3.8, 4) is 17.2 Å². The lowest BCUT2D eigenvalue weighted by molar-refractivity contribution is 0.0946. The topological polar surface area (TPSA) is 56.8 Å². The second-order valence-corrected chi connectivity index (χ2v) is 5.52. The number of benzene rings is 2. The molecule has 0 aliphatic heterocycles. The predicted octanol–water partition coefficient (Wildman–Crippen LogP) is 3.28. The van der Waals surface area contributed by atoms with Gasteiger partial charge in [-0.15, -0.1) is 0 Å². The largest absolute Gasteiger partial charge is 0.493 e. The number of hydrogen-bond donors (Lipinski definition) is 1. The van der Waals surface area contributed by atoms with Gasteiger partial charge in [-0.2, -0.15) is 0 Å². The number of carbonyl (C=O) groups excluding carboxylic acids is 1. The highest BCUT2D eigenvalue weighted by Gasteiger charge is 2.11. The van der Waals surface area contributed by atoms with Gasteiger partial charge in [-0.1, -0.05) is 28.1 Å². The molecule has 1 N–H and O–H groups in total. The second kappa shape index (κ2) is 8.43. The number of ether oxygens (including phenoxy) is 3. The maximum Gasteiger partial charge on any atom is 0.251 e. The normalized spacial score (nSPS) is 10.0. The molecular formula is C17H18BrNO4. The Morgan fingerprint density at radius 3 is 2.52 bits per heavy atom.